The van der Waals surface area contributed by atoms with Crippen molar-refractivity contribution in [3.63, 3.8) is 0 Å². The summed E-state index contributed by atoms with van der Waals surface area (Å²) in [5.74, 6) is 3.77. The minimum atomic E-state index is -0.610. The molecule has 4 aliphatic carbocycles. The number of aliphatic hydroxyl groups is 2. The molecular formula is C23H40O3. The van der Waals surface area contributed by atoms with E-state index < -0.39 is 5.60 Å². The van der Waals surface area contributed by atoms with Gasteiger partial charge in [-0.25, -0.2) is 0 Å². The molecule has 150 valence electrons. The molecule has 0 aliphatic heterocycles. The third-order valence-corrected chi connectivity index (χ3v) is 9.68. The van der Waals surface area contributed by atoms with E-state index in [1.54, 1.807) is 7.11 Å². The predicted octanol–water partition coefficient (Wildman–Crippen LogP) is 4.40. The molecule has 0 aromatic carbocycles. The average Bonchev–Trinajstić information content (AvgIpc) is 2.91. The predicted molar refractivity (Wildman–Crippen MR) is 104 cm³/mol. The van der Waals surface area contributed by atoms with Crippen molar-refractivity contribution in [1.82, 2.24) is 0 Å². The van der Waals surface area contributed by atoms with Crippen molar-refractivity contribution in [3.8, 4) is 0 Å². The highest BCUT2D eigenvalue weighted by Crippen LogP contribution is 2.67. The molecule has 0 aromatic heterocycles. The normalized spacial score (nSPS) is 54.9. The molecule has 4 aliphatic rings. The minimum absolute atomic E-state index is 0.158. The van der Waals surface area contributed by atoms with Gasteiger partial charge >= 0.3 is 0 Å². The van der Waals surface area contributed by atoms with Gasteiger partial charge < -0.3 is 14.9 Å². The third-order valence-electron chi connectivity index (χ3n) is 9.68. The summed E-state index contributed by atoms with van der Waals surface area (Å²) >= 11 is 0. The number of aliphatic hydroxyl groups excluding tert-OH is 1. The van der Waals surface area contributed by atoms with Gasteiger partial charge in [0, 0.05) is 7.11 Å². The smallest absolute Gasteiger partial charge is 0.0885 e. The first kappa shape index (κ1) is 19.2. The van der Waals surface area contributed by atoms with Crippen LogP contribution in [-0.2, 0) is 4.74 Å². The Morgan fingerprint density at radius 1 is 0.962 bits per heavy atom. The molecule has 4 rings (SSSR count). The van der Waals surface area contributed by atoms with Crippen molar-refractivity contribution in [2.24, 2.45) is 40.4 Å². The first-order valence-corrected chi connectivity index (χ1v) is 11.1. The lowest BCUT2D eigenvalue weighted by atomic mass is 9.45. The summed E-state index contributed by atoms with van der Waals surface area (Å²) in [6, 6.07) is 0. The topological polar surface area (TPSA) is 49.7 Å². The van der Waals surface area contributed by atoms with Crippen LogP contribution in [-0.4, -0.2) is 35.6 Å². The molecule has 0 radical (unpaired) electrons. The first-order chi connectivity index (χ1) is 12.2. The Kier molecular flexibility index (Phi) is 4.77. The molecule has 0 aromatic rings. The van der Waals surface area contributed by atoms with Gasteiger partial charge in [0.2, 0.25) is 0 Å². The van der Waals surface area contributed by atoms with E-state index in [0.717, 1.165) is 36.5 Å². The molecule has 1 unspecified atom stereocenters. The molecule has 0 amide bonds. The molecule has 26 heavy (non-hydrogen) atoms. The fourth-order valence-corrected chi connectivity index (χ4v) is 8.70. The van der Waals surface area contributed by atoms with Gasteiger partial charge in [0.1, 0.15) is 0 Å². The minimum Gasteiger partial charge on any atom is -0.393 e. The van der Waals surface area contributed by atoms with Gasteiger partial charge in [-0.2, -0.15) is 0 Å². The fraction of sp³-hybridized carbons (Fsp3) is 1.00. The van der Waals surface area contributed by atoms with Gasteiger partial charge in [-0.3, -0.25) is 0 Å². The summed E-state index contributed by atoms with van der Waals surface area (Å²) in [6.07, 6.45) is 10.6. The quantitative estimate of drug-likeness (QED) is 0.780. The number of hydrogen-bond acceptors (Lipinski definition) is 3. The molecule has 0 spiro atoms. The van der Waals surface area contributed by atoms with E-state index >= 15 is 0 Å². The number of hydrogen-bond donors (Lipinski definition) is 2. The summed E-state index contributed by atoms with van der Waals surface area (Å²) in [4.78, 5) is 0. The molecule has 2 N–H and O–H groups in total. The Labute approximate surface area is 159 Å². The summed E-state index contributed by atoms with van der Waals surface area (Å²) in [5.41, 5.74) is 0.0258. The van der Waals surface area contributed by atoms with Crippen molar-refractivity contribution >= 4 is 0 Å². The van der Waals surface area contributed by atoms with Crippen molar-refractivity contribution in [2.45, 2.75) is 90.3 Å². The molecule has 4 fully saturated rings. The second-order valence-electron chi connectivity index (χ2n) is 11.1. The van der Waals surface area contributed by atoms with Gasteiger partial charge in [0.25, 0.3) is 0 Å². The van der Waals surface area contributed by atoms with Crippen molar-refractivity contribution in [2.75, 3.05) is 13.7 Å². The van der Waals surface area contributed by atoms with E-state index in [1.165, 1.54) is 44.9 Å². The van der Waals surface area contributed by atoms with Crippen LogP contribution >= 0.6 is 0 Å². The van der Waals surface area contributed by atoms with Gasteiger partial charge in [0.05, 0.1) is 18.3 Å². The number of fused-ring (bicyclic) bond motifs is 5. The van der Waals surface area contributed by atoms with Crippen LogP contribution < -0.4 is 0 Å². The zero-order valence-electron chi connectivity index (χ0n) is 17.3. The summed E-state index contributed by atoms with van der Waals surface area (Å²) in [7, 11) is 1.71. The maximum Gasteiger partial charge on any atom is 0.0885 e. The van der Waals surface area contributed by atoms with Gasteiger partial charge in [-0.1, -0.05) is 13.8 Å². The zero-order chi connectivity index (χ0) is 18.7. The number of ether oxygens (including phenoxy) is 1. The molecule has 4 saturated carbocycles. The van der Waals surface area contributed by atoms with Crippen LogP contribution in [0.15, 0.2) is 0 Å². The summed E-state index contributed by atoms with van der Waals surface area (Å²) in [5, 5.41) is 21.4. The Morgan fingerprint density at radius 3 is 2.35 bits per heavy atom. The van der Waals surface area contributed by atoms with E-state index in [0.29, 0.717) is 17.9 Å². The van der Waals surface area contributed by atoms with Gasteiger partial charge in [0.15, 0.2) is 0 Å². The highest BCUT2D eigenvalue weighted by molar-refractivity contribution is 5.10. The SMILES string of the molecule is COC[C@@]1(O)CC[C@@H]2[C@H]3CC[C@]4(C)[C@@H](C(C)O)CC[C@H]4[C@@H]3CC[C@@]2(C)C1. The summed E-state index contributed by atoms with van der Waals surface area (Å²) in [6.45, 7) is 7.44. The van der Waals surface area contributed by atoms with Crippen LogP contribution in [0.5, 0.6) is 0 Å². The highest BCUT2D eigenvalue weighted by Gasteiger charge is 2.60. The second-order valence-corrected chi connectivity index (χ2v) is 11.1. The number of rotatable bonds is 3. The maximum absolute atomic E-state index is 11.0. The monoisotopic (exact) mass is 364 g/mol. The van der Waals surface area contributed by atoms with E-state index in [2.05, 4.69) is 13.8 Å². The Morgan fingerprint density at radius 2 is 1.65 bits per heavy atom. The highest BCUT2D eigenvalue weighted by atomic mass is 16.5. The van der Waals surface area contributed by atoms with E-state index in [-0.39, 0.29) is 11.5 Å². The third kappa shape index (κ3) is 2.79. The van der Waals surface area contributed by atoms with Crippen molar-refractivity contribution in [3.05, 3.63) is 0 Å². The van der Waals surface area contributed by atoms with Crippen LogP contribution in [0, 0.1) is 40.4 Å². The average molecular weight is 365 g/mol. The Hall–Kier alpha value is -0.120. The maximum atomic E-state index is 11.0. The summed E-state index contributed by atoms with van der Waals surface area (Å²) < 4.78 is 5.35. The van der Waals surface area contributed by atoms with Crippen molar-refractivity contribution in [1.29, 1.82) is 0 Å². The zero-order valence-corrected chi connectivity index (χ0v) is 17.3. The van der Waals surface area contributed by atoms with E-state index in [4.69, 9.17) is 4.74 Å². The van der Waals surface area contributed by atoms with Crippen LogP contribution in [0.25, 0.3) is 0 Å². The lowest BCUT2D eigenvalue weighted by Gasteiger charge is -2.61. The largest absolute Gasteiger partial charge is 0.393 e. The standard InChI is InChI=1S/C23H40O3/c1-15(24)18-5-6-20-17-7-10-21(2)13-23(25,14-26-4)12-9-19(21)16(17)8-11-22(18,20)3/h15-20,24-25H,5-14H2,1-4H3/t15?,16-,17+,18+,19+,20-,21-,22+,23+/m0/s1. The van der Waals surface area contributed by atoms with E-state index in [9.17, 15) is 10.2 Å². The number of methoxy groups -OCH3 is 1. The lowest BCUT2D eigenvalue weighted by molar-refractivity contribution is -0.160. The molecule has 0 heterocycles. The molecule has 9 atom stereocenters. The van der Waals surface area contributed by atoms with Crippen LogP contribution in [0.3, 0.4) is 0 Å². The molecule has 0 saturated heterocycles. The van der Waals surface area contributed by atoms with Crippen LogP contribution in [0.2, 0.25) is 0 Å². The Balaban J connectivity index is 1.55. The van der Waals surface area contributed by atoms with Gasteiger partial charge in [-0.05, 0) is 105 Å². The second kappa shape index (κ2) is 6.46. The molecule has 3 heteroatoms. The first-order valence-electron chi connectivity index (χ1n) is 11.1. The lowest BCUT2D eigenvalue weighted by Crippen LogP contribution is -2.56. The van der Waals surface area contributed by atoms with Crippen molar-refractivity contribution < 1.29 is 14.9 Å². The van der Waals surface area contributed by atoms with Gasteiger partial charge in [-0.15, -0.1) is 0 Å². The molecule has 0 bridgehead atoms. The van der Waals surface area contributed by atoms with Crippen LogP contribution in [0.4, 0.5) is 0 Å². The van der Waals surface area contributed by atoms with Crippen LogP contribution in [0.1, 0.15) is 78.6 Å². The Bertz CT molecular complexity index is 534. The molecular weight excluding hydrogens is 324 g/mol. The molecule has 3 nitrogen and oxygen atoms in total. The van der Waals surface area contributed by atoms with E-state index in [1.807, 2.05) is 6.92 Å². The fourth-order valence-electron chi connectivity index (χ4n) is 8.70.